The number of nitrogens with one attached hydrogen (secondary N) is 1. The molecule has 1 aliphatic heterocycles. The van der Waals surface area contributed by atoms with Crippen LogP contribution in [0.5, 0.6) is 11.5 Å². The third-order valence-electron chi connectivity index (χ3n) is 6.88. The normalized spacial score (nSPS) is 14.2. The zero-order valence-corrected chi connectivity index (χ0v) is 23.2. The zero-order valence-electron chi connectivity index (χ0n) is 22.4. The Hall–Kier alpha value is -3.42. The van der Waals surface area contributed by atoms with E-state index in [1.807, 2.05) is 48.0 Å². The van der Waals surface area contributed by atoms with E-state index < -0.39 is 0 Å². The Labute approximate surface area is 228 Å². The molecule has 0 amide bonds. The van der Waals surface area contributed by atoms with Crippen molar-refractivity contribution in [2.45, 2.75) is 45.4 Å². The number of aryl methyl sites for hydroxylation is 1. The molecule has 7 nitrogen and oxygen atoms in total. The average Bonchev–Trinajstić information content (AvgIpc) is 3.47. The van der Waals surface area contributed by atoms with E-state index in [1.54, 1.807) is 12.3 Å². The minimum Gasteiger partial charge on any atom is -0.457 e. The lowest BCUT2D eigenvalue weighted by atomic mass is 9.87. The van der Waals surface area contributed by atoms with Crippen molar-refractivity contribution in [2.75, 3.05) is 25.0 Å². The molecule has 1 saturated heterocycles. The number of carbonyl (C=O) groups is 1. The predicted octanol–water partition coefficient (Wildman–Crippen LogP) is 6.66. The SMILES string of the molecule is Cn1c(Nc2ccc(Cl)c(C(C)(C)C)c2)nc2cc(Oc3ccnc(CC(=O)CN4CCCC4)c3)ccc21. The summed E-state index contributed by atoms with van der Waals surface area (Å²) in [5, 5.41) is 4.19. The third kappa shape index (κ3) is 6.00. The first-order chi connectivity index (χ1) is 18.2. The second kappa shape index (κ2) is 10.8. The molecule has 4 aromatic rings. The summed E-state index contributed by atoms with van der Waals surface area (Å²) in [6.07, 6.45) is 4.34. The molecule has 38 heavy (non-hydrogen) atoms. The van der Waals surface area contributed by atoms with Gasteiger partial charge in [-0.1, -0.05) is 32.4 Å². The lowest BCUT2D eigenvalue weighted by molar-refractivity contribution is -0.119. The molecule has 1 aliphatic rings. The van der Waals surface area contributed by atoms with E-state index in [1.165, 1.54) is 12.8 Å². The Kier molecular flexibility index (Phi) is 7.41. The van der Waals surface area contributed by atoms with Gasteiger partial charge in [0, 0.05) is 36.1 Å². The summed E-state index contributed by atoms with van der Waals surface area (Å²) in [6, 6.07) is 15.4. The number of fused-ring (bicyclic) bond motifs is 1. The summed E-state index contributed by atoms with van der Waals surface area (Å²) in [5.41, 5.74) is 4.45. The number of pyridine rings is 1. The summed E-state index contributed by atoms with van der Waals surface area (Å²) >= 11 is 6.45. The molecule has 8 heteroatoms. The molecule has 0 radical (unpaired) electrons. The van der Waals surface area contributed by atoms with E-state index in [2.05, 4.69) is 42.0 Å². The number of hydrogen-bond acceptors (Lipinski definition) is 6. The van der Waals surface area contributed by atoms with Gasteiger partial charge in [-0.2, -0.15) is 0 Å². The van der Waals surface area contributed by atoms with Crippen LogP contribution in [0.1, 0.15) is 44.9 Å². The van der Waals surface area contributed by atoms with Crippen LogP contribution >= 0.6 is 11.6 Å². The largest absolute Gasteiger partial charge is 0.457 e. The van der Waals surface area contributed by atoms with Crippen molar-refractivity contribution < 1.29 is 9.53 Å². The lowest BCUT2D eigenvalue weighted by Crippen LogP contribution is -2.27. The highest BCUT2D eigenvalue weighted by atomic mass is 35.5. The van der Waals surface area contributed by atoms with Crippen molar-refractivity contribution >= 4 is 40.1 Å². The first-order valence-corrected chi connectivity index (χ1v) is 13.4. The van der Waals surface area contributed by atoms with Gasteiger partial charge in [0.25, 0.3) is 0 Å². The quantitative estimate of drug-likeness (QED) is 0.274. The van der Waals surface area contributed by atoms with Gasteiger partial charge in [-0.15, -0.1) is 0 Å². The number of likely N-dealkylation sites (tertiary alicyclic amines) is 1. The molecule has 3 heterocycles. The van der Waals surface area contributed by atoms with Gasteiger partial charge in [0.05, 0.1) is 29.7 Å². The van der Waals surface area contributed by atoms with Crippen LogP contribution in [-0.2, 0) is 23.7 Å². The van der Waals surface area contributed by atoms with E-state index in [-0.39, 0.29) is 11.2 Å². The molecule has 2 aromatic carbocycles. The Balaban J connectivity index is 1.30. The number of ketones is 1. The number of Topliss-reactive ketones (excluding diaryl/α,β-unsaturated/α-hetero) is 1. The molecule has 0 aliphatic carbocycles. The van der Waals surface area contributed by atoms with Crippen LogP contribution in [0.15, 0.2) is 54.7 Å². The number of aromatic nitrogens is 3. The first kappa shape index (κ1) is 26.2. The fourth-order valence-corrected chi connectivity index (χ4v) is 5.26. The van der Waals surface area contributed by atoms with E-state index >= 15 is 0 Å². The van der Waals surface area contributed by atoms with Gasteiger partial charge < -0.3 is 14.6 Å². The second-order valence-corrected chi connectivity index (χ2v) is 11.4. The molecule has 0 bridgehead atoms. The monoisotopic (exact) mass is 531 g/mol. The molecule has 0 saturated carbocycles. The van der Waals surface area contributed by atoms with Gasteiger partial charge in [-0.05, 0) is 73.3 Å². The highest BCUT2D eigenvalue weighted by molar-refractivity contribution is 6.31. The van der Waals surface area contributed by atoms with Gasteiger partial charge >= 0.3 is 0 Å². The smallest absolute Gasteiger partial charge is 0.208 e. The summed E-state index contributed by atoms with van der Waals surface area (Å²) < 4.78 is 8.14. The number of nitrogens with zero attached hydrogens (tertiary/aromatic N) is 4. The number of hydrogen-bond donors (Lipinski definition) is 1. The van der Waals surface area contributed by atoms with Crippen LogP contribution in [0.4, 0.5) is 11.6 Å². The number of benzene rings is 2. The maximum Gasteiger partial charge on any atom is 0.208 e. The minimum absolute atomic E-state index is 0.0681. The maximum absolute atomic E-state index is 12.5. The van der Waals surface area contributed by atoms with Crippen molar-refractivity contribution in [2.24, 2.45) is 7.05 Å². The third-order valence-corrected chi connectivity index (χ3v) is 7.21. The number of ether oxygens (including phenoxy) is 1. The van der Waals surface area contributed by atoms with Crippen LogP contribution in [0.25, 0.3) is 11.0 Å². The van der Waals surface area contributed by atoms with Gasteiger partial charge in [0.1, 0.15) is 11.5 Å². The fraction of sp³-hybridized carbons (Fsp3) is 0.367. The maximum atomic E-state index is 12.5. The van der Waals surface area contributed by atoms with Crippen LogP contribution in [-0.4, -0.2) is 44.9 Å². The second-order valence-electron chi connectivity index (χ2n) is 11.0. The molecule has 1 fully saturated rings. The van der Waals surface area contributed by atoms with Crippen LogP contribution in [0.2, 0.25) is 5.02 Å². The lowest BCUT2D eigenvalue weighted by Gasteiger charge is -2.21. The predicted molar refractivity (Wildman–Crippen MR) is 153 cm³/mol. The van der Waals surface area contributed by atoms with E-state index in [9.17, 15) is 4.79 Å². The molecule has 198 valence electrons. The summed E-state index contributed by atoms with van der Waals surface area (Å²) in [7, 11) is 1.98. The molecule has 1 N–H and O–H groups in total. The number of halogens is 1. The molecule has 0 atom stereocenters. The number of rotatable bonds is 8. The summed E-state index contributed by atoms with van der Waals surface area (Å²) in [5.74, 6) is 2.22. The summed E-state index contributed by atoms with van der Waals surface area (Å²) in [4.78, 5) is 23.9. The van der Waals surface area contributed by atoms with Crippen molar-refractivity contribution in [3.63, 3.8) is 0 Å². The van der Waals surface area contributed by atoms with Gasteiger partial charge in [-0.3, -0.25) is 14.7 Å². The number of carbonyl (C=O) groups excluding carboxylic acids is 1. The van der Waals surface area contributed by atoms with Gasteiger partial charge in [-0.25, -0.2) is 4.98 Å². The molecule has 0 spiro atoms. The van der Waals surface area contributed by atoms with Crippen molar-refractivity contribution in [3.05, 3.63) is 71.0 Å². The first-order valence-electron chi connectivity index (χ1n) is 13.1. The topological polar surface area (TPSA) is 72.3 Å². The van der Waals surface area contributed by atoms with Crippen LogP contribution < -0.4 is 10.1 Å². The highest BCUT2D eigenvalue weighted by Crippen LogP contribution is 2.33. The van der Waals surface area contributed by atoms with Crippen molar-refractivity contribution in [3.8, 4) is 11.5 Å². The Morgan fingerprint density at radius 1 is 1.05 bits per heavy atom. The standard InChI is InChI=1S/C30H34ClN5O2/c1-30(2,3)25-17-20(7-9-26(25)31)33-29-34-27-18-23(8-10-28(27)35(29)4)38-24-11-12-32-21(16-24)15-22(37)19-36-13-5-6-14-36/h7-12,16-18H,5-6,13-15,19H2,1-4H3,(H,33,34). The Morgan fingerprint density at radius 2 is 1.82 bits per heavy atom. The fourth-order valence-electron chi connectivity index (χ4n) is 4.86. The minimum atomic E-state index is -0.0681. The van der Waals surface area contributed by atoms with Gasteiger partial charge in [0.2, 0.25) is 5.95 Å². The molecule has 0 unspecified atom stereocenters. The van der Waals surface area contributed by atoms with E-state index in [4.69, 9.17) is 21.3 Å². The molecular weight excluding hydrogens is 498 g/mol. The van der Waals surface area contributed by atoms with Crippen molar-refractivity contribution in [1.29, 1.82) is 0 Å². The van der Waals surface area contributed by atoms with Gasteiger partial charge in [0.15, 0.2) is 5.78 Å². The average molecular weight is 532 g/mol. The van der Waals surface area contributed by atoms with Crippen LogP contribution in [0, 0.1) is 0 Å². The number of imidazole rings is 1. The van der Waals surface area contributed by atoms with E-state index in [0.717, 1.165) is 52.0 Å². The molecule has 2 aromatic heterocycles. The number of anilines is 2. The van der Waals surface area contributed by atoms with Crippen LogP contribution in [0.3, 0.4) is 0 Å². The van der Waals surface area contributed by atoms with E-state index in [0.29, 0.717) is 24.5 Å². The Morgan fingerprint density at radius 3 is 2.58 bits per heavy atom. The molecule has 5 rings (SSSR count). The molecular formula is C30H34ClN5O2. The Bertz CT molecular complexity index is 1470. The highest BCUT2D eigenvalue weighted by Gasteiger charge is 2.19. The van der Waals surface area contributed by atoms with Crippen molar-refractivity contribution in [1.82, 2.24) is 19.4 Å². The zero-order chi connectivity index (χ0) is 26.9. The summed E-state index contributed by atoms with van der Waals surface area (Å²) in [6.45, 7) is 8.94.